The first kappa shape index (κ1) is 29.6. The quantitative estimate of drug-likeness (QED) is 0.247. The van der Waals surface area contributed by atoms with E-state index in [1.54, 1.807) is 30.3 Å². The molecule has 0 aliphatic rings. The summed E-state index contributed by atoms with van der Waals surface area (Å²) in [6, 6.07) is 10.4. The number of carboxylic acids is 1. The Morgan fingerprint density at radius 3 is 2.30 bits per heavy atom. The molecule has 2 aromatic rings. The molecule has 0 heterocycles. The maximum absolute atomic E-state index is 13.1. The van der Waals surface area contributed by atoms with Crippen LogP contribution in [0.4, 0.5) is 0 Å². The van der Waals surface area contributed by atoms with Gasteiger partial charge in [0.2, 0.25) is 11.8 Å². The van der Waals surface area contributed by atoms with E-state index in [4.69, 9.17) is 27.8 Å². The van der Waals surface area contributed by atoms with Crippen molar-refractivity contribution in [3.05, 3.63) is 64.7 Å². The second-order valence-corrected chi connectivity index (χ2v) is 9.42. The molecule has 200 valence electrons. The fraction of sp³-hybridized carbons (Fsp3) is 0.385. The number of aliphatic carboxylic acids is 1. The summed E-state index contributed by atoms with van der Waals surface area (Å²) < 4.78 is 5.74. The Balaban J connectivity index is 2.21. The number of hydrogen-bond donors (Lipinski definition) is 5. The molecule has 0 saturated carbocycles. The van der Waals surface area contributed by atoms with E-state index in [1.807, 2.05) is 13.8 Å². The Bertz CT molecular complexity index is 1100. The molecule has 2 aromatic carbocycles. The molecule has 3 amide bonds. The largest absolute Gasteiger partial charge is 0.491 e. The predicted octanol–water partition coefficient (Wildman–Crippen LogP) is 1.88. The van der Waals surface area contributed by atoms with Gasteiger partial charge < -0.3 is 31.9 Å². The van der Waals surface area contributed by atoms with Crippen LogP contribution in [0.2, 0.25) is 5.02 Å². The van der Waals surface area contributed by atoms with E-state index in [1.165, 1.54) is 18.2 Å². The molecule has 10 nitrogen and oxygen atoms in total. The summed E-state index contributed by atoms with van der Waals surface area (Å²) in [6.45, 7) is 4.00. The second-order valence-electron chi connectivity index (χ2n) is 8.98. The zero-order valence-corrected chi connectivity index (χ0v) is 21.5. The number of hydrogen-bond acceptors (Lipinski definition) is 6. The number of amides is 3. The topological polar surface area (TPSA) is 174 Å². The van der Waals surface area contributed by atoms with Gasteiger partial charge in [-0.05, 0) is 36.1 Å². The second kappa shape index (κ2) is 14.2. The number of benzene rings is 2. The van der Waals surface area contributed by atoms with Crippen molar-refractivity contribution in [1.82, 2.24) is 10.6 Å². The highest BCUT2D eigenvalue weighted by atomic mass is 35.5. The Morgan fingerprint density at radius 1 is 1.03 bits per heavy atom. The zero-order valence-electron chi connectivity index (χ0n) is 20.8. The van der Waals surface area contributed by atoms with Crippen molar-refractivity contribution in [2.75, 3.05) is 6.61 Å². The Kier molecular flexibility index (Phi) is 11.4. The fourth-order valence-corrected chi connectivity index (χ4v) is 3.46. The number of ether oxygens (including phenoxy) is 1. The summed E-state index contributed by atoms with van der Waals surface area (Å²) in [6.07, 6.45) is -0.307. The average Bonchev–Trinajstić information content (AvgIpc) is 2.84. The molecule has 0 spiro atoms. The van der Waals surface area contributed by atoms with E-state index in [0.29, 0.717) is 10.6 Å². The third kappa shape index (κ3) is 9.74. The van der Waals surface area contributed by atoms with E-state index < -0.39 is 35.8 Å². The van der Waals surface area contributed by atoms with Gasteiger partial charge >= 0.3 is 5.97 Å². The molecule has 0 radical (unpaired) electrons. The third-order valence-corrected chi connectivity index (χ3v) is 5.91. The molecule has 0 fully saturated rings. The molecule has 37 heavy (non-hydrogen) atoms. The van der Waals surface area contributed by atoms with E-state index in [9.17, 15) is 24.3 Å². The van der Waals surface area contributed by atoms with Crippen molar-refractivity contribution in [2.24, 2.45) is 17.4 Å². The lowest BCUT2D eigenvalue weighted by Crippen LogP contribution is -2.52. The first-order valence-electron chi connectivity index (χ1n) is 11.8. The van der Waals surface area contributed by atoms with Gasteiger partial charge in [-0.15, -0.1) is 0 Å². The lowest BCUT2D eigenvalue weighted by atomic mass is 10.0. The molecule has 11 heteroatoms. The number of carbonyl (C=O) groups is 4. The minimum absolute atomic E-state index is 0.0314. The van der Waals surface area contributed by atoms with Crippen LogP contribution in [0, 0.1) is 5.92 Å². The van der Waals surface area contributed by atoms with Gasteiger partial charge in [-0.1, -0.05) is 55.8 Å². The highest BCUT2D eigenvalue weighted by molar-refractivity contribution is 6.30. The van der Waals surface area contributed by atoms with Gasteiger partial charge in [-0.2, -0.15) is 0 Å². The van der Waals surface area contributed by atoms with E-state index in [2.05, 4.69) is 10.6 Å². The maximum Gasteiger partial charge on any atom is 0.326 e. The first-order valence-corrected chi connectivity index (χ1v) is 12.2. The predicted molar refractivity (Wildman–Crippen MR) is 139 cm³/mol. The van der Waals surface area contributed by atoms with Crippen LogP contribution >= 0.6 is 11.6 Å². The standard InChI is InChI=1S/C26H33ClN4O6/c1-15(2)19(28)14-37-22-13-17(27)8-9-18(22)24(33)30-20(10-11-23(29)32)25(34)31-21(26(35)36)12-16-6-4-3-5-7-16/h3-9,13,15,19-21H,10-12,14,28H2,1-2H3,(H2,29,32)(H,30,33)(H,31,34)(H,35,36)/t19-,20-,21-/m0/s1. The number of carbonyl (C=O) groups excluding carboxylic acids is 3. The van der Waals surface area contributed by atoms with Crippen LogP contribution < -0.4 is 26.8 Å². The van der Waals surface area contributed by atoms with Crippen molar-refractivity contribution < 1.29 is 29.0 Å². The van der Waals surface area contributed by atoms with Crippen LogP contribution in [0.15, 0.2) is 48.5 Å². The van der Waals surface area contributed by atoms with Crippen molar-refractivity contribution >= 4 is 35.3 Å². The van der Waals surface area contributed by atoms with E-state index in [-0.39, 0.29) is 49.1 Å². The summed E-state index contributed by atoms with van der Waals surface area (Å²) in [5, 5.41) is 15.0. The first-order chi connectivity index (χ1) is 17.5. The molecule has 0 unspecified atom stereocenters. The summed E-state index contributed by atoms with van der Waals surface area (Å²) in [4.78, 5) is 49.4. The highest BCUT2D eigenvalue weighted by Gasteiger charge is 2.28. The summed E-state index contributed by atoms with van der Waals surface area (Å²) in [5.41, 5.74) is 12.1. The molecule has 0 aliphatic carbocycles. The van der Waals surface area contributed by atoms with Gasteiger partial charge in [0.1, 0.15) is 24.4 Å². The van der Waals surface area contributed by atoms with Crippen LogP contribution in [0.1, 0.15) is 42.6 Å². The highest BCUT2D eigenvalue weighted by Crippen LogP contribution is 2.24. The fourth-order valence-electron chi connectivity index (χ4n) is 3.30. The molecule has 0 saturated heterocycles. The molecule has 0 aromatic heterocycles. The Labute approximate surface area is 220 Å². The smallest absolute Gasteiger partial charge is 0.326 e. The molecular formula is C26H33ClN4O6. The van der Waals surface area contributed by atoms with E-state index in [0.717, 1.165) is 0 Å². The molecule has 0 aliphatic heterocycles. The SMILES string of the molecule is CC(C)[C@@H](N)COc1cc(Cl)ccc1C(=O)N[C@@H](CCC(N)=O)C(=O)N[C@@H](Cc1ccccc1)C(=O)O. The summed E-state index contributed by atoms with van der Waals surface area (Å²) >= 11 is 6.08. The number of carboxylic acid groups (broad SMARTS) is 1. The average molecular weight is 533 g/mol. The lowest BCUT2D eigenvalue weighted by Gasteiger charge is -2.22. The normalized spacial score (nSPS) is 13.3. The van der Waals surface area contributed by atoms with Crippen molar-refractivity contribution in [3.8, 4) is 5.75 Å². The minimum atomic E-state index is -1.25. The number of nitrogens with one attached hydrogen (secondary N) is 2. The number of primary amides is 1. The van der Waals surface area contributed by atoms with Crippen LogP contribution in [-0.4, -0.2) is 53.5 Å². The molecule has 2 rings (SSSR count). The van der Waals surface area contributed by atoms with Crippen LogP contribution in [0.3, 0.4) is 0 Å². The number of nitrogens with two attached hydrogens (primary N) is 2. The van der Waals surface area contributed by atoms with Crippen LogP contribution in [0.5, 0.6) is 5.75 Å². The zero-order chi connectivity index (χ0) is 27.5. The van der Waals surface area contributed by atoms with Crippen molar-refractivity contribution in [1.29, 1.82) is 0 Å². The van der Waals surface area contributed by atoms with Gasteiger partial charge in [0.25, 0.3) is 5.91 Å². The van der Waals surface area contributed by atoms with Gasteiger partial charge in [-0.3, -0.25) is 14.4 Å². The minimum Gasteiger partial charge on any atom is -0.491 e. The Hall–Kier alpha value is -3.63. The van der Waals surface area contributed by atoms with Gasteiger partial charge in [0.05, 0.1) is 5.56 Å². The van der Waals surface area contributed by atoms with Gasteiger partial charge in [0, 0.05) is 23.9 Å². The summed E-state index contributed by atoms with van der Waals surface area (Å²) in [7, 11) is 0. The number of halogens is 1. The van der Waals surface area contributed by atoms with Gasteiger partial charge in [0.15, 0.2) is 0 Å². The van der Waals surface area contributed by atoms with Crippen LogP contribution in [0.25, 0.3) is 0 Å². The molecule has 0 bridgehead atoms. The van der Waals surface area contributed by atoms with Gasteiger partial charge in [-0.25, -0.2) is 4.79 Å². The third-order valence-electron chi connectivity index (χ3n) is 5.67. The van der Waals surface area contributed by atoms with E-state index >= 15 is 0 Å². The maximum atomic E-state index is 13.1. The Morgan fingerprint density at radius 2 is 1.70 bits per heavy atom. The van der Waals surface area contributed by atoms with Crippen molar-refractivity contribution in [3.63, 3.8) is 0 Å². The lowest BCUT2D eigenvalue weighted by molar-refractivity contribution is -0.142. The molecule has 3 atom stereocenters. The van der Waals surface area contributed by atoms with Crippen molar-refractivity contribution in [2.45, 2.75) is 51.2 Å². The summed E-state index contributed by atoms with van der Waals surface area (Å²) in [5.74, 6) is -3.06. The molecule has 7 N–H and O–H groups in total. The monoisotopic (exact) mass is 532 g/mol. The molecular weight excluding hydrogens is 500 g/mol. The van der Waals surface area contributed by atoms with Crippen LogP contribution in [-0.2, 0) is 20.8 Å². The number of rotatable bonds is 14.